The number of esters is 1. The van der Waals surface area contributed by atoms with E-state index >= 15 is 0 Å². The molecule has 2 rings (SSSR count). The average molecular weight is 273 g/mol. The van der Waals surface area contributed by atoms with Crippen LogP contribution in [0.15, 0.2) is 4.42 Å². The topological polar surface area (TPSA) is 91.4 Å². The van der Waals surface area contributed by atoms with Crippen LogP contribution in [0.4, 0.5) is 5.88 Å². The summed E-state index contributed by atoms with van der Waals surface area (Å²) >= 11 is 0. The minimum Gasteiger partial charge on any atom is -0.462 e. The van der Waals surface area contributed by atoms with Crippen LogP contribution >= 0.6 is 12.4 Å². The molecule has 1 aliphatic rings. The number of halogens is 1. The minimum atomic E-state index is -0.678. The quantitative estimate of drug-likeness (QED) is 0.767. The van der Waals surface area contributed by atoms with Gasteiger partial charge >= 0.3 is 11.9 Å². The van der Waals surface area contributed by atoms with Gasteiger partial charge in [0.15, 0.2) is 0 Å². The van der Waals surface area contributed by atoms with E-state index < -0.39 is 5.97 Å². The molecule has 2 heterocycles. The maximum Gasteiger partial charge on any atom is 0.394 e. The van der Waals surface area contributed by atoms with Crippen molar-refractivity contribution >= 4 is 24.3 Å². The second-order valence-corrected chi connectivity index (χ2v) is 3.51. The summed E-state index contributed by atoms with van der Waals surface area (Å²) in [7, 11) is 1.24. The van der Waals surface area contributed by atoms with Gasteiger partial charge in [0.2, 0.25) is 11.6 Å². The Morgan fingerprint density at radius 2 is 2.22 bits per heavy atom. The van der Waals surface area contributed by atoms with Crippen LogP contribution in [0.5, 0.6) is 0 Å². The minimum absolute atomic E-state index is 0. The number of rotatable bonds is 2. The van der Waals surface area contributed by atoms with Crippen molar-refractivity contribution in [2.24, 2.45) is 0 Å². The second-order valence-electron chi connectivity index (χ2n) is 3.51. The third kappa shape index (κ3) is 2.72. The molecule has 98 valence electrons. The van der Waals surface area contributed by atoms with Crippen molar-refractivity contribution in [2.75, 3.05) is 38.2 Å². The highest BCUT2D eigenvalue weighted by molar-refractivity contribution is 5.85. The van der Waals surface area contributed by atoms with Crippen molar-refractivity contribution < 1.29 is 13.9 Å². The number of nitrogens with one attached hydrogen (secondary N) is 1. The van der Waals surface area contributed by atoms with E-state index in [4.69, 9.17) is 9.68 Å². The first kappa shape index (κ1) is 14.3. The van der Waals surface area contributed by atoms with E-state index in [1.54, 1.807) is 0 Å². The lowest BCUT2D eigenvalue weighted by molar-refractivity contribution is 0.0556. The summed E-state index contributed by atoms with van der Waals surface area (Å²) < 4.78 is 9.79. The first-order valence-electron chi connectivity index (χ1n) is 5.21. The zero-order chi connectivity index (χ0) is 12.3. The Morgan fingerprint density at radius 3 is 2.78 bits per heavy atom. The van der Waals surface area contributed by atoms with Crippen molar-refractivity contribution in [3.63, 3.8) is 0 Å². The number of nitriles is 1. The Morgan fingerprint density at radius 1 is 1.56 bits per heavy atom. The lowest BCUT2D eigenvalue weighted by Gasteiger charge is -2.26. The Hall–Kier alpha value is -1.78. The molecule has 1 N–H and O–H groups in total. The summed E-state index contributed by atoms with van der Waals surface area (Å²) in [4.78, 5) is 17.0. The normalized spacial score (nSPS) is 14.6. The van der Waals surface area contributed by atoms with Crippen LogP contribution in [-0.2, 0) is 4.74 Å². The van der Waals surface area contributed by atoms with E-state index in [-0.39, 0.29) is 24.0 Å². The number of piperazine rings is 1. The lowest BCUT2D eigenvalue weighted by atomic mass is 10.3. The van der Waals surface area contributed by atoms with E-state index in [0.717, 1.165) is 13.1 Å². The summed E-state index contributed by atoms with van der Waals surface area (Å²) in [5.74, 6) is -0.519. The van der Waals surface area contributed by atoms with E-state index in [0.29, 0.717) is 19.0 Å². The van der Waals surface area contributed by atoms with Crippen LogP contribution < -0.4 is 10.2 Å². The van der Waals surface area contributed by atoms with Crippen LogP contribution in [-0.4, -0.2) is 44.2 Å². The monoisotopic (exact) mass is 272 g/mol. The van der Waals surface area contributed by atoms with Gasteiger partial charge in [-0.25, -0.2) is 4.79 Å². The Labute approximate surface area is 110 Å². The van der Waals surface area contributed by atoms with Gasteiger partial charge in [-0.15, -0.1) is 12.4 Å². The molecule has 0 aromatic carbocycles. The second kappa shape index (κ2) is 6.23. The molecule has 0 bridgehead atoms. The molecule has 8 heteroatoms. The molecular weight excluding hydrogens is 260 g/mol. The summed E-state index contributed by atoms with van der Waals surface area (Å²) in [5.41, 5.74) is 0.118. The molecular formula is C10H13ClN4O3. The van der Waals surface area contributed by atoms with Crippen LogP contribution in [0.25, 0.3) is 0 Å². The van der Waals surface area contributed by atoms with Gasteiger partial charge in [-0.2, -0.15) is 10.2 Å². The highest BCUT2D eigenvalue weighted by atomic mass is 35.5. The number of methoxy groups -OCH3 is 1. The molecule has 0 aliphatic carbocycles. The van der Waals surface area contributed by atoms with E-state index in [9.17, 15) is 4.79 Å². The summed E-state index contributed by atoms with van der Waals surface area (Å²) in [5, 5.41) is 12.1. The molecule has 1 aliphatic heterocycles. The SMILES string of the molecule is COC(=O)c1nc(C#N)c(N2CCNCC2)o1.Cl. The molecule has 1 saturated heterocycles. The number of carbonyl (C=O) groups excluding carboxylic acids is 1. The van der Waals surface area contributed by atoms with Crippen molar-refractivity contribution in [2.45, 2.75) is 0 Å². The van der Waals surface area contributed by atoms with Crippen molar-refractivity contribution in [1.29, 1.82) is 5.26 Å². The fourth-order valence-corrected chi connectivity index (χ4v) is 1.64. The number of hydrogen-bond acceptors (Lipinski definition) is 7. The predicted octanol–water partition coefficient (Wildman–Crippen LogP) is 0.164. The van der Waals surface area contributed by atoms with Gasteiger partial charge in [0.25, 0.3) is 0 Å². The van der Waals surface area contributed by atoms with Crippen LogP contribution in [0.2, 0.25) is 0 Å². The van der Waals surface area contributed by atoms with E-state index in [1.165, 1.54) is 7.11 Å². The van der Waals surface area contributed by atoms with Crippen molar-refractivity contribution in [3.05, 3.63) is 11.6 Å². The summed E-state index contributed by atoms with van der Waals surface area (Å²) in [6.07, 6.45) is 0. The molecule has 0 amide bonds. The fourth-order valence-electron chi connectivity index (χ4n) is 1.64. The summed E-state index contributed by atoms with van der Waals surface area (Å²) in [6.45, 7) is 3.03. The van der Waals surface area contributed by atoms with Gasteiger partial charge in [0.1, 0.15) is 6.07 Å². The third-order valence-corrected chi connectivity index (χ3v) is 2.48. The highest BCUT2D eigenvalue weighted by Gasteiger charge is 2.24. The number of carbonyl (C=O) groups is 1. The van der Waals surface area contributed by atoms with Crippen LogP contribution in [0.1, 0.15) is 16.4 Å². The molecule has 1 fully saturated rings. The number of hydrogen-bond donors (Lipinski definition) is 1. The number of nitrogens with zero attached hydrogens (tertiary/aromatic N) is 3. The first-order valence-corrected chi connectivity index (χ1v) is 5.21. The zero-order valence-electron chi connectivity index (χ0n) is 9.80. The number of anilines is 1. The zero-order valence-corrected chi connectivity index (χ0v) is 10.6. The van der Waals surface area contributed by atoms with Gasteiger partial charge in [-0.3, -0.25) is 0 Å². The highest BCUT2D eigenvalue weighted by Crippen LogP contribution is 2.22. The smallest absolute Gasteiger partial charge is 0.394 e. The maximum atomic E-state index is 11.3. The van der Waals surface area contributed by atoms with Gasteiger partial charge in [-0.1, -0.05) is 0 Å². The molecule has 1 aromatic heterocycles. The average Bonchev–Trinajstić information content (AvgIpc) is 2.83. The molecule has 1 aromatic rings. The van der Waals surface area contributed by atoms with Crippen molar-refractivity contribution in [1.82, 2.24) is 10.3 Å². The van der Waals surface area contributed by atoms with Gasteiger partial charge < -0.3 is 19.4 Å². The van der Waals surface area contributed by atoms with Gasteiger partial charge in [0.05, 0.1) is 7.11 Å². The predicted molar refractivity (Wildman–Crippen MR) is 64.9 cm³/mol. The molecule has 18 heavy (non-hydrogen) atoms. The molecule has 0 spiro atoms. The number of oxazole rings is 1. The third-order valence-electron chi connectivity index (χ3n) is 2.48. The van der Waals surface area contributed by atoms with Gasteiger partial charge in [0, 0.05) is 26.2 Å². The summed E-state index contributed by atoms with van der Waals surface area (Å²) in [6, 6.07) is 1.92. The maximum absolute atomic E-state index is 11.3. The van der Waals surface area contributed by atoms with E-state index in [1.807, 2.05) is 11.0 Å². The Bertz CT molecular complexity index is 462. The van der Waals surface area contributed by atoms with Gasteiger partial charge in [-0.05, 0) is 0 Å². The Balaban J connectivity index is 0.00000162. The van der Waals surface area contributed by atoms with Crippen molar-refractivity contribution in [3.8, 4) is 6.07 Å². The molecule has 0 atom stereocenters. The van der Waals surface area contributed by atoms with Crippen LogP contribution in [0, 0.1) is 11.3 Å². The molecule has 7 nitrogen and oxygen atoms in total. The van der Waals surface area contributed by atoms with E-state index in [2.05, 4.69) is 15.0 Å². The number of aromatic nitrogens is 1. The molecule has 0 unspecified atom stereocenters. The standard InChI is InChI=1S/C10H12N4O3.ClH/c1-16-10(15)8-13-7(6-11)9(17-8)14-4-2-12-3-5-14;/h12H,2-5H2,1H3;1H. The Kier molecular flexibility index (Phi) is 4.95. The molecule has 0 saturated carbocycles. The fraction of sp³-hybridized carbons (Fsp3) is 0.500. The first-order chi connectivity index (χ1) is 8.26. The lowest BCUT2D eigenvalue weighted by Crippen LogP contribution is -2.43. The van der Waals surface area contributed by atoms with Crippen LogP contribution in [0.3, 0.4) is 0 Å². The number of ether oxygens (including phenoxy) is 1. The largest absolute Gasteiger partial charge is 0.462 e. The molecule has 0 radical (unpaired) electrons.